The predicted molar refractivity (Wildman–Crippen MR) is 72.7 cm³/mol. The van der Waals surface area contributed by atoms with Crippen LogP contribution in [0.1, 0.15) is 18.1 Å². The maximum atomic E-state index is 13.3. The highest BCUT2D eigenvalue weighted by Crippen LogP contribution is 2.32. The fourth-order valence-electron chi connectivity index (χ4n) is 1.86. The van der Waals surface area contributed by atoms with E-state index in [1.807, 2.05) is 0 Å². The van der Waals surface area contributed by atoms with Crippen molar-refractivity contribution in [3.8, 4) is 0 Å². The van der Waals surface area contributed by atoms with Gasteiger partial charge >= 0.3 is 12.3 Å². The number of aromatic nitrogens is 2. The third-order valence-electron chi connectivity index (χ3n) is 2.78. The first kappa shape index (κ1) is 15.6. The molecule has 1 aromatic carbocycles. The highest BCUT2D eigenvalue weighted by atomic mass is 79.9. The molecule has 1 atom stereocenters. The number of hydrogen-bond acceptors (Lipinski definition) is 1. The van der Waals surface area contributed by atoms with Crippen LogP contribution in [-0.2, 0) is 6.54 Å². The van der Waals surface area contributed by atoms with Gasteiger partial charge in [-0.2, -0.15) is 8.78 Å². The van der Waals surface area contributed by atoms with Crippen LogP contribution in [0.4, 0.5) is 17.6 Å². The number of halogens is 6. The number of alkyl halides is 5. The highest BCUT2D eigenvalue weighted by Gasteiger charge is 2.42. The Labute approximate surface area is 125 Å². The molecule has 20 heavy (non-hydrogen) atoms. The minimum atomic E-state index is -4.14. The summed E-state index contributed by atoms with van der Waals surface area (Å²) in [5.74, 6) is -4.00. The largest absolute Gasteiger partial charge is 0.324 e. The summed E-state index contributed by atoms with van der Waals surface area (Å²) in [6, 6.07) is 4.85. The van der Waals surface area contributed by atoms with Crippen molar-refractivity contribution in [2.75, 3.05) is 0 Å². The molecule has 0 spiro atoms. The van der Waals surface area contributed by atoms with Gasteiger partial charge in [0.15, 0.2) is 0 Å². The first-order chi connectivity index (χ1) is 9.22. The molecule has 1 heterocycles. The second-order valence-electron chi connectivity index (χ2n) is 4.37. The SMILES string of the molecule is CC(Cl)c1nc2ccc(Br)cc2n1CC(F)(F)C(F)F. The van der Waals surface area contributed by atoms with E-state index in [0.29, 0.717) is 15.5 Å². The number of rotatable bonds is 4. The van der Waals surface area contributed by atoms with E-state index >= 15 is 0 Å². The van der Waals surface area contributed by atoms with E-state index < -0.39 is 24.3 Å². The smallest absolute Gasteiger partial charge is 0.320 e. The zero-order valence-corrected chi connectivity index (χ0v) is 12.6. The second kappa shape index (κ2) is 5.52. The molecule has 0 saturated carbocycles. The minimum absolute atomic E-state index is 0.139. The Morgan fingerprint density at radius 3 is 2.60 bits per heavy atom. The molecule has 8 heteroatoms. The minimum Gasteiger partial charge on any atom is -0.320 e. The molecule has 110 valence electrons. The van der Waals surface area contributed by atoms with Gasteiger partial charge in [-0.1, -0.05) is 15.9 Å². The molecule has 0 aliphatic heterocycles. The van der Waals surface area contributed by atoms with Crippen molar-refractivity contribution < 1.29 is 17.6 Å². The molecule has 0 aliphatic carbocycles. The Kier molecular flexibility index (Phi) is 4.30. The lowest BCUT2D eigenvalue weighted by Gasteiger charge is -2.18. The van der Waals surface area contributed by atoms with E-state index in [-0.39, 0.29) is 5.82 Å². The van der Waals surface area contributed by atoms with Gasteiger partial charge in [0.25, 0.3) is 0 Å². The van der Waals surface area contributed by atoms with Gasteiger partial charge in [-0.05, 0) is 25.1 Å². The van der Waals surface area contributed by atoms with Gasteiger partial charge in [0.05, 0.1) is 23.0 Å². The third-order valence-corrected chi connectivity index (χ3v) is 3.47. The van der Waals surface area contributed by atoms with E-state index in [1.165, 1.54) is 0 Å². The quantitative estimate of drug-likeness (QED) is 0.545. The first-order valence-electron chi connectivity index (χ1n) is 5.68. The zero-order chi connectivity index (χ0) is 15.1. The van der Waals surface area contributed by atoms with Gasteiger partial charge < -0.3 is 4.57 Å². The molecule has 1 aromatic heterocycles. The average molecular weight is 374 g/mol. The standard InChI is InChI=1S/C12H10BrClF4N2/c1-6(14)10-19-8-3-2-7(13)4-9(8)20(10)5-12(17,18)11(15)16/h2-4,6,11H,5H2,1H3. The molecule has 0 saturated heterocycles. The normalized spacial score (nSPS) is 14.2. The number of fused-ring (bicyclic) bond motifs is 1. The van der Waals surface area contributed by atoms with Crippen molar-refractivity contribution >= 4 is 38.6 Å². The summed E-state index contributed by atoms with van der Waals surface area (Å²) in [6.07, 6.45) is -3.74. The first-order valence-corrected chi connectivity index (χ1v) is 6.91. The molecule has 0 bridgehead atoms. The molecule has 1 unspecified atom stereocenters. The Bertz CT molecular complexity index is 627. The summed E-state index contributed by atoms with van der Waals surface area (Å²) in [5.41, 5.74) is 0.767. The van der Waals surface area contributed by atoms with Gasteiger partial charge in [-0.3, -0.25) is 0 Å². The summed E-state index contributed by atoms with van der Waals surface area (Å²) in [6.45, 7) is 0.388. The number of benzene rings is 1. The van der Waals surface area contributed by atoms with E-state index in [9.17, 15) is 17.6 Å². The van der Waals surface area contributed by atoms with Crippen LogP contribution in [-0.4, -0.2) is 21.9 Å². The van der Waals surface area contributed by atoms with Gasteiger partial charge in [-0.25, -0.2) is 13.8 Å². The van der Waals surface area contributed by atoms with E-state index in [4.69, 9.17) is 11.6 Å². The molecule has 2 aromatic rings. The molecule has 2 nitrogen and oxygen atoms in total. The Morgan fingerprint density at radius 2 is 2.05 bits per heavy atom. The fraction of sp³-hybridized carbons (Fsp3) is 0.417. The molecule has 2 rings (SSSR count). The van der Waals surface area contributed by atoms with Crippen LogP contribution in [0.15, 0.2) is 22.7 Å². The molecular formula is C12H10BrClF4N2. The van der Waals surface area contributed by atoms with Crippen LogP contribution in [0.5, 0.6) is 0 Å². The lowest BCUT2D eigenvalue weighted by atomic mass is 10.3. The van der Waals surface area contributed by atoms with E-state index in [1.54, 1.807) is 25.1 Å². The van der Waals surface area contributed by atoms with Crippen molar-refractivity contribution in [2.45, 2.75) is 31.2 Å². The maximum absolute atomic E-state index is 13.3. The molecule has 0 fully saturated rings. The van der Waals surface area contributed by atoms with Crippen molar-refractivity contribution in [3.63, 3.8) is 0 Å². The summed E-state index contributed by atoms with van der Waals surface area (Å²) in [5, 5.41) is -0.672. The van der Waals surface area contributed by atoms with E-state index in [0.717, 1.165) is 4.57 Å². The maximum Gasteiger partial charge on any atom is 0.324 e. The van der Waals surface area contributed by atoms with Crippen LogP contribution < -0.4 is 0 Å². The Balaban J connectivity index is 2.59. The van der Waals surface area contributed by atoms with Gasteiger partial charge in [-0.15, -0.1) is 11.6 Å². The molecule has 0 aliphatic rings. The monoisotopic (exact) mass is 372 g/mol. The number of nitrogens with zero attached hydrogens (tertiary/aromatic N) is 2. The Hall–Kier alpha value is -0.820. The summed E-state index contributed by atoms with van der Waals surface area (Å²) >= 11 is 9.11. The molecule has 0 radical (unpaired) electrons. The fourth-order valence-corrected chi connectivity index (χ4v) is 2.38. The van der Waals surface area contributed by atoms with Crippen LogP contribution in [0, 0.1) is 0 Å². The lowest BCUT2D eigenvalue weighted by Crippen LogP contribution is -2.32. The van der Waals surface area contributed by atoms with Gasteiger partial charge in [0.2, 0.25) is 0 Å². The van der Waals surface area contributed by atoms with Crippen molar-refractivity contribution in [3.05, 3.63) is 28.5 Å². The lowest BCUT2D eigenvalue weighted by molar-refractivity contribution is -0.137. The predicted octanol–water partition coefficient (Wildman–Crippen LogP) is 5.00. The summed E-state index contributed by atoms with van der Waals surface area (Å²) in [4.78, 5) is 4.13. The number of hydrogen-bond donors (Lipinski definition) is 0. The van der Waals surface area contributed by atoms with Gasteiger partial charge in [0, 0.05) is 4.47 Å². The highest BCUT2D eigenvalue weighted by molar-refractivity contribution is 9.10. The topological polar surface area (TPSA) is 17.8 Å². The molecule has 0 amide bonds. The zero-order valence-electron chi connectivity index (χ0n) is 10.3. The van der Waals surface area contributed by atoms with Crippen molar-refractivity contribution in [1.82, 2.24) is 9.55 Å². The Morgan fingerprint density at radius 1 is 1.40 bits per heavy atom. The van der Waals surface area contributed by atoms with Crippen LogP contribution in [0.25, 0.3) is 11.0 Å². The third kappa shape index (κ3) is 2.93. The van der Waals surface area contributed by atoms with E-state index in [2.05, 4.69) is 20.9 Å². The van der Waals surface area contributed by atoms with Crippen molar-refractivity contribution in [2.24, 2.45) is 0 Å². The van der Waals surface area contributed by atoms with Crippen LogP contribution in [0.3, 0.4) is 0 Å². The van der Waals surface area contributed by atoms with Crippen LogP contribution >= 0.6 is 27.5 Å². The van der Waals surface area contributed by atoms with Gasteiger partial charge in [0.1, 0.15) is 5.82 Å². The second-order valence-corrected chi connectivity index (χ2v) is 5.94. The number of imidazole rings is 1. The van der Waals surface area contributed by atoms with Crippen molar-refractivity contribution in [1.29, 1.82) is 0 Å². The summed E-state index contributed by atoms with van der Waals surface area (Å²) < 4.78 is 53.1. The van der Waals surface area contributed by atoms with Crippen LogP contribution in [0.2, 0.25) is 0 Å². The molecule has 0 N–H and O–H groups in total. The average Bonchev–Trinajstić information content (AvgIpc) is 2.67. The summed E-state index contributed by atoms with van der Waals surface area (Å²) in [7, 11) is 0. The molecular weight excluding hydrogens is 363 g/mol.